The fourth-order valence-corrected chi connectivity index (χ4v) is 8.28. The molecule has 0 spiro atoms. The highest BCUT2D eigenvalue weighted by molar-refractivity contribution is 7.47. The fraction of sp³-hybridized carbons (Fsp3) is 0.689. The van der Waals surface area contributed by atoms with Gasteiger partial charge in [0.2, 0.25) is 5.91 Å². The quantitative estimate of drug-likeness (QED) is 0.0243. The second kappa shape index (κ2) is 51.1. The smallest absolute Gasteiger partial charge is 0.387 e. The van der Waals surface area contributed by atoms with E-state index < -0.39 is 20.0 Å². The van der Waals surface area contributed by atoms with E-state index in [2.05, 4.69) is 116 Å². The van der Waals surface area contributed by atoms with Crippen LogP contribution in [0.3, 0.4) is 0 Å². The van der Waals surface area contributed by atoms with Gasteiger partial charge >= 0.3 is 7.82 Å². The molecule has 0 fully saturated rings. The zero-order chi connectivity index (χ0) is 51.3. The van der Waals surface area contributed by atoms with E-state index in [0.717, 1.165) is 77.0 Å². The van der Waals surface area contributed by atoms with Crippen molar-refractivity contribution in [3.8, 4) is 0 Å². The van der Waals surface area contributed by atoms with Crippen LogP contribution in [-0.2, 0) is 18.4 Å². The van der Waals surface area contributed by atoms with E-state index in [1.165, 1.54) is 116 Å². The molecule has 0 aliphatic rings. The number of phosphoric acid groups is 1. The average molecular weight is 997 g/mol. The number of unbranched alkanes of at least 4 members (excludes halogenated alkanes) is 21. The van der Waals surface area contributed by atoms with Gasteiger partial charge in [0.05, 0.1) is 39.9 Å². The molecule has 0 saturated heterocycles. The minimum absolute atomic E-state index is 0.0386. The molecule has 0 heterocycles. The van der Waals surface area contributed by atoms with Gasteiger partial charge in [0.15, 0.2) is 0 Å². The van der Waals surface area contributed by atoms with Crippen LogP contribution in [0.2, 0.25) is 0 Å². The van der Waals surface area contributed by atoms with Crippen LogP contribution in [0, 0.1) is 0 Å². The fourth-order valence-electron chi connectivity index (χ4n) is 7.55. The third-order valence-electron chi connectivity index (χ3n) is 12.0. The lowest BCUT2D eigenvalue weighted by Gasteiger charge is -2.25. The van der Waals surface area contributed by atoms with Crippen LogP contribution in [0.1, 0.15) is 219 Å². The molecule has 1 amide bonds. The number of aliphatic hydroxyl groups excluding tert-OH is 1. The Morgan fingerprint density at radius 1 is 0.500 bits per heavy atom. The number of nitrogens with zero attached hydrogens (tertiary/aromatic N) is 1. The molecule has 3 atom stereocenters. The number of hydrogen-bond acceptors (Lipinski definition) is 5. The number of allylic oxidation sites excluding steroid dienone is 17. The van der Waals surface area contributed by atoms with E-state index in [-0.39, 0.29) is 25.5 Å². The molecule has 3 N–H and O–H groups in total. The number of amides is 1. The Balaban J connectivity index is 4.40. The Morgan fingerprint density at radius 3 is 1.31 bits per heavy atom. The van der Waals surface area contributed by atoms with Crippen LogP contribution in [0.15, 0.2) is 109 Å². The predicted octanol–water partition coefficient (Wildman–Crippen LogP) is 17.2. The van der Waals surface area contributed by atoms with E-state index >= 15 is 0 Å². The monoisotopic (exact) mass is 996 g/mol. The largest absolute Gasteiger partial charge is 0.472 e. The number of likely N-dealkylation sites (N-methyl/N-ethyl adjacent to an activating group) is 1. The Morgan fingerprint density at radius 2 is 0.871 bits per heavy atom. The van der Waals surface area contributed by atoms with Crippen molar-refractivity contribution in [2.45, 2.75) is 231 Å². The van der Waals surface area contributed by atoms with Crippen molar-refractivity contribution in [2.24, 2.45) is 0 Å². The van der Waals surface area contributed by atoms with Gasteiger partial charge in [-0.05, 0) is 96.3 Å². The summed E-state index contributed by atoms with van der Waals surface area (Å²) in [4.78, 5) is 23.3. The zero-order valence-corrected chi connectivity index (χ0v) is 46.6. The van der Waals surface area contributed by atoms with Crippen molar-refractivity contribution < 1.29 is 32.9 Å². The van der Waals surface area contributed by atoms with Gasteiger partial charge in [-0.2, -0.15) is 0 Å². The number of phosphoric ester groups is 1. The molecule has 8 nitrogen and oxygen atoms in total. The molecule has 3 unspecified atom stereocenters. The lowest BCUT2D eigenvalue weighted by atomic mass is 10.0. The van der Waals surface area contributed by atoms with Crippen LogP contribution in [-0.4, -0.2) is 73.4 Å². The summed E-state index contributed by atoms with van der Waals surface area (Å²) in [5, 5.41) is 13.9. The normalized spacial score (nSPS) is 14.8. The third-order valence-corrected chi connectivity index (χ3v) is 12.9. The third kappa shape index (κ3) is 53.0. The highest BCUT2D eigenvalue weighted by Gasteiger charge is 2.27. The van der Waals surface area contributed by atoms with Crippen LogP contribution in [0.5, 0.6) is 0 Å². The second-order valence-corrected chi connectivity index (χ2v) is 21.4. The topological polar surface area (TPSA) is 105 Å². The maximum Gasteiger partial charge on any atom is 0.472 e. The number of quaternary nitrogens is 1. The lowest BCUT2D eigenvalue weighted by molar-refractivity contribution is -0.870. The van der Waals surface area contributed by atoms with Gasteiger partial charge in [0, 0.05) is 6.42 Å². The Kier molecular flexibility index (Phi) is 49.0. The maximum atomic E-state index is 12.9. The van der Waals surface area contributed by atoms with Gasteiger partial charge in [-0.3, -0.25) is 13.8 Å². The molecule has 0 aromatic carbocycles. The van der Waals surface area contributed by atoms with Gasteiger partial charge < -0.3 is 19.8 Å². The first-order valence-corrected chi connectivity index (χ1v) is 29.8. The molecule has 402 valence electrons. The first kappa shape index (κ1) is 67.2. The van der Waals surface area contributed by atoms with Gasteiger partial charge in [-0.25, -0.2) is 4.57 Å². The van der Waals surface area contributed by atoms with Gasteiger partial charge in [-0.1, -0.05) is 226 Å². The van der Waals surface area contributed by atoms with Crippen molar-refractivity contribution in [2.75, 3.05) is 40.9 Å². The first-order chi connectivity index (χ1) is 34.0. The van der Waals surface area contributed by atoms with Crippen LogP contribution < -0.4 is 5.32 Å². The summed E-state index contributed by atoms with van der Waals surface area (Å²) in [5.74, 6) is -0.236. The van der Waals surface area contributed by atoms with Gasteiger partial charge in [-0.15, -0.1) is 0 Å². The summed E-state index contributed by atoms with van der Waals surface area (Å²) >= 11 is 0. The summed E-state index contributed by atoms with van der Waals surface area (Å²) < 4.78 is 23.6. The number of rotatable bonds is 50. The number of nitrogens with one attached hydrogen (secondary N) is 1. The molecular weight excluding hydrogens is 888 g/mol. The Bertz CT molecular complexity index is 1500. The van der Waals surface area contributed by atoms with Crippen molar-refractivity contribution in [1.29, 1.82) is 0 Å². The first-order valence-electron chi connectivity index (χ1n) is 28.3. The molecule has 0 bridgehead atoms. The summed E-state index contributed by atoms with van der Waals surface area (Å²) in [7, 11) is 1.50. The van der Waals surface area contributed by atoms with E-state index in [1.807, 2.05) is 27.2 Å². The summed E-state index contributed by atoms with van der Waals surface area (Å²) in [5.41, 5.74) is 0. The Hall–Kier alpha value is -2.84. The number of hydrogen-bond donors (Lipinski definition) is 3. The lowest BCUT2D eigenvalue weighted by Crippen LogP contribution is -2.45. The summed E-state index contributed by atoms with van der Waals surface area (Å²) in [6.45, 7) is 4.63. The SMILES string of the molecule is CC/C=C\C/C=C\C/C=C\C/C=C\C/C=C\C/C=C\CCCCC(=O)NC(COP(=O)(O)OCC[N+](C)(C)C)C(O)/C=C/CC/C=C/CC/C=C/CCCCCCCCCCCCCCCCCCC. The van der Waals surface area contributed by atoms with Crippen molar-refractivity contribution >= 4 is 13.7 Å². The second-order valence-electron chi connectivity index (χ2n) is 19.9. The van der Waals surface area contributed by atoms with Gasteiger partial charge in [0.25, 0.3) is 0 Å². The highest BCUT2D eigenvalue weighted by atomic mass is 31.2. The zero-order valence-electron chi connectivity index (χ0n) is 45.7. The maximum absolute atomic E-state index is 12.9. The molecule has 0 aliphatic heterocycles. The Labute approximate surface area is 431 Å². The molecule has 0 aromatic heterocycles. The minimum Gasteiger partial charge on any atom is -0.387 e. The van der Waals surface area contributed by atoms with Crippen LogP contribution >= 0.6 is 7.82 Å². The standard InChI is InChI=1S/C61H107N2O6P/c1-6-8-10-12-14-16-18-20-22-24-26-28-29-30-31-32-33-35-36-38-40-42-44-46-48-50-52-54-60(64)59(58-69-70(66,67)68-57-56-63(3,4)5)62-61(65)55-53-51-49-47-45-43-41-39-37-34-27-25-23-21-19-17-15-13-11-9-7-2/h9,11,15,17,21,23,27,34,36,38-39,41,44-47,52,54,59-60,64H,6-8,10,12-14,16,18-20,22,24-26,28-33,35,37,40,42-43,48-51,53,55-58H2,1-5H3,(H-,62,65,66,67)/p+1/b11-9-,17-15-,23-21-,34-27-,38-36+,41-39-,46-44+,47-45-,54-52+. The molecular formula is C61H108N2O6P+. The van der Waals surface area contributed by atoms with E-state index in [1.54, 1.807) is 6.08 Å². The molecule has 0 saturated carbocycles. The molecule has 0 rings (SSSR count). The highest BCUT2D eigenvalue weighted by Crippen LogP contribution is 2.43. The van der Waals surface area contributed by atoms with Crippen molar-refractivity contribution in [3.05, 3.63) is 109 Å². The number of carbonyl (C=O) groups excluding carboxylic acids is 1. The molecule has 0 aromatic rings. The van der Waals surface area contributed by atoms with Crippen LogP contribution in [0.4, 0.5) is 0 Å². The van der Waals surface area contributed by atoms with E-state index in [4.69, 9.17) is 9.05 Å². The number of aliphatic hydroxyl groups is 1. The molecule has 70 heavy (non-hydrogen) atoms. The molecule has 0 aliphatic carbocycles. The molecule has 0 radical (unpaired) electrons. The summed E-state index contributed by atoms with van der Waals surface area (Å²) in [6, 6.07) is -0.902. The average Bonchev–Trinajstić information content (AvgIpc) is 3.32. The van der Waals surface area contributed by atoms with Crippen LogP contribution in [0.25, 0.3) is 0 Å². The minimum atomic E-state index is -4.38. The van der Waals surface area contributed by atoms with Crippen molar-refractivity contribution in [1.82, 2.24) is 5.32 Å². The van der Waals surface area contributed by atoms with Gasteiger partial charge in [0.1, 0.15) is 13.2 Å². The summed E-state index contributed by atoms with van der Waals surface area (Å²) in [6.07, 6.45) is 74.9. The number of carbonyl (C=O) groups is 1. The van der Waals surface area contributed by atoms with Crippen molar-refractivity contribution in [3.63, 3.8) is 0 Å². The molecule has 9 heteroatoms. The predicted molar refractivity (Wildman–Crippen MR) is 304 cm³/mol. The van der Waals surface area contributed by atoms with E-state index in [0.29, 0.717) is 17.4 Å². The van der Waals surface area contributed by atoms with E-state index in [9.17, 15) is 19.4 Å².